The first-order valence-electron chi connectivity index (χ1n) is 10.3. The predicted molar refractivity (Wildman–Crippen MR) is 120 cm³/mol. The van der Waals surface area contributed by atoms with Crippen LogP contribution in [0.4, 0.5) is 5.69 Å². The Bertz CT molecular complexity index is 1110. The standard InChI is InChI=1S/C24H23N5O3/c1-2-31-20-12-14-22(15-13-20)32-21-10-8-19(9-11-21)26-24(30)23(29-17-25-27-28-29)16-18-6-4-3-5-7-18/h3-15,17,23H,2,16H2,1H3,(H,26,30)/t23-/m0/s1. The zero-order chi connectivity index (χ0) is 22.2. The second-order valence-electron chi connectivity index (χ2n) is 7.02. The first-order valence-corrected chi connectivity index (χ1v) is 10.3. The SMILES string of the molecule is CCOc1ccc(Oc2ccc(NC(=O)[C@H](Cc3ccccc3)n3cnnn3)cc2)cc1. The maximum Gasteiger partial charge on any atom is 0.249 e. The number of ether oxygens (including phenoxy) is 2. The van der Waals surface area contributed by atoms with Gasteiger partial charge < -0.3 is 14.8 Å². The van der Waals surface area contributed by atoms with Crippen LogP contribution in [0.1, 0.15) is 18.5 Å². The predicted octanol–water partition coefficient (Wildman–Crippen LogP) is 4.29. The average molecular weight is 429 g/mol. The number of hydrogen-bond acceptors (Lipinski definition) is 6. The summed E-state index contributed by atoms with van der Waals surface area (Å²) in [5.41, 5.74) is 1.67. The molecule has 0 aliphatic heterocycles. The van der Waals surface area contributed by atoms with Crippen LogP contribution in [0.3, 0.4) is 0 Å². The van der Waals surface area contributed by atoms with Gasteiger partial charge in [-0.3, -0.25) is 4.79 Å². The molecule has 32 heavy (non-hydrogen) atoms. The van der Waals surface area contributed by atoms with Crippen LogP contribution >= 0.6 is 0 Å². The molecule has 0 aliphatic rings. The van der Waals surface area contributed by atoms with E-state index < -0.39 is 6.04 Å². The minimum absolute atomic E-state index is 0.207. The van der Waals surface area contributed by atoms with Gasteiger partial charge >= 0.3 is 0 Å². The van der Waals surface area contributed by atoms with E-state index in [1.165, 1.54) is 11.0 Å². The van der Waals surface area contributed by atoms with Gasteiger partial charge in [0, 0.05) is 12.1 Å². The molecule has 0 saturated carbocycles. The smallest absolute Gasteiger partial charge is 0.249 e. The van der Waals surface area contributed by atoms with Gasteiger partial charge in [0.15, 0.2) is 0 Å². The second kappa shape index (κ2) is 10.2. The van der Waals surface area contributed by atoms with Crippen molar-refractivity contribution in [2.24, 2.45) is 0 Å². The molecular formula is C24H23N5O3. The van der Waals surface area contributed by atoms with E-state index in [1.807, 2.05) is 61.5 Å². The summed E-state index contributed by atoms with van der Waals surface area (Å²) in [4.78, 5) is 13.0. The molecule has 4 aromatic rings. The van der Waals surface area contributed by atoms with Crippen LogP contribution in [0.25, 0.3) is 0 Å². The number of rotatable bonds is 9. The Labute approximate surface area is 185 Å². The molecule has 0 radical (unpaired) electrons. The van der Waals surface area contributed by atoms with Crippen molar-refractivity contribution in [3.63, 3.8) is 0 Å². The molecule has 1 heterocycles. The van der Waals surface area contributed by atoms with Gasteiger partial charge in [-0.25, -0.2) is 4.68 Å². The van der Waals surface area contributed by atoms with Crippen molar-refractivity contribution in [1.82, 2.24) is 20.2 Å². The Hall–Kier alpha value is -4.20. The monoisotopic (exact) mass is 429 g/mol. The molecule has 1 amide bonds. The summed E-state index contributed by atoms with van der Waals surface area (Å²) in [6, 6.07) is 23.8. The Morgan fingerprint density at radius 2 is 1.59 bits per heavy atom. The van der Waals surface area contributed by atoms with Crippen molar-refractivity contribution < 1.29 is 14.3 Å². The van der Waals surface area contributed by atoms with E-state index in [2.05, 4.69) is 20.8 Å². The fourth-order valence-corrected chi connectivity index (χ4v) is 3.19. The molecule has 8 heteroatoms. The normalized spacial score (nSPS) is 11.5. The van der Waals surface area contributed by atoms with Gasteiger partial charge in [0.05, 0.1) is 6.61 Å². The van der Waals surface area contributed by atoms with Crippen LogP contribution in [0.5, 0.6) is 17.2 Å². The number of nitrogens with zero attached hydrogens (tertiary/aromatic N) is 4. The summed E-state index contributed by atoms with van der Waals surface area (Å²) in [6.07, 6.45) is 1.91. The lowest BCUT2D eigenvalue weighted by atomic mass is 10.1. The third kappa shape index (κ3) is 5.48. The molecule has 0 unspecified atom stereocenters. The molecule has 3 aromatic carbocycles. The minimum atomic E-state index is -0.577. The Morgan fingerprint density at radius 1 is 0.938 bits per heavy atom. The number of amides is 1. The molecule has 162 valence electrons. The van der Waals surface area contributed by atoms with E-state index >= 15 is 0 Å². The van der Waals surface area contributed by atoms with Gasteiger partial charge in [0.25, 0.3) is 0 Å². The number of carbonyl (C=O) groups excluding carboxylic acids is 1. The van der Waals surface area contributed by atoms with Crippen molar-refractivity contribution in [2.45, 2.75) is 19.4 Å². The molecule has 1 aromatic heterocycles. The first kappa shape index (κ1) is 21.0. The molecule has 1 atom stereocenters. The third-order valence-electron chi connectivity index (χ3n) is 4.75. The highest BCUT2D eigenvalue weighted by molar-refractivity contribution is 5.93. The molecular weight excluding hydrogens is 406 g/mol. The molecule has 0 bridgehead atoms. The summed E-state index contributed by atoms with van der Waals surface area (Å²) < 4.78 is 12.8. The third-order valence-corrected chi connectivity index (χ3v) is 4.75. The van der Waals surface area contributed by atoms with E-state index in [9.17, 15) is 4.79 Å². The highest BCUT2D eigenvalue weighted by Crippen LogP contribution is 2.25. The highest BCUT2D eigenvalue weighted by atomic mass is 16.5. The Morgan fingerprint density at radius 3 is 2.22 bits per heavy atom. The van der Waals surface area contributed by atoms with Crippen LogP contribution in [-0.2, 0) is 11.2 Å². The summed E-state index contributed by atoms with van der Waals surface area (Å²) in [5, 5.41) is 14.2. The van der Waals surface area contributed by atoms with Crippen LogP contribution < -0.4 is 14.8 Å². The van der Waals surface area contributed by atoms with E-state index in [0.717, 1.165) is 11.3 Å². The highest BCUT2D eigenvalue weighted by Gasteiger charge is 2.22. The van der Waals surface area contributed by atoms with Gasteiger partial charge in [-0.05, 0) is 71.4 Å². The maximum absolute atomic E-state index is 13.0. The number of benzene rings is 3. The molecule has 0 spiro atoms. The number of hydrogen-bond donors (Lipinski definition) is 1. The number of carbonyl (C=O) groups is 1. The number of aromatic nitrogens is 4. The largest absolute Gasteiger partial charge is 0.494 e. The van der Waals surface area contributed by atoms with Crippen molar-refractivity contribution in [3.8, 4) is 17.2 Å². The zero-order valence-electron chi connectivity index (χ0n) is 17.6. The van der Waals surface area contributed by atoms with Gasteiger partial charge in [0.2, 0.25) is 5.91 Å². The summed E-state index contributed by atoms with van der Waals surface area (Å²) in [7, 11) is 0. The Balaban J connectivity index is 1.41. The van der Waals surface area contributed by atoms with E-state index in [-0.39, 0.29) is 5.91 Å². The minimum Gasteiger partial charge on any atom is -0.494 e. The lowest BCUT2D eigenvalue weighted by Gasteiger charge is -2.16. The van der Waals surface area contributed by atoms with Crippen molar-refractivity contribution in [1.29, 1.82) is 0 Å². The topological polar surface area (TPSA) is 91.2 Å². The molecule has 1 N–H and O–H groups in total. The number of tetrazole rings is 1. The second-order valence-corrected chi connectivity index (χ2v) is 7.02. The van der Waals surface area contributed by atoms with Gasteiger partial charge in [-0.15, -0.1) is 5.10 Å². The lowest BCUT2D eigenvalue weighted by molar-refractivity contribution is -0.119. The Kier molecular flexibility index (Phi) is 6.72. The fraction of sp³-hybridized carbons (Fsp3) is 0.167. The lowest BCUT2D eigenvalue weighted by Crippen LogP contribution is -2.28. The molecule has 0 aliphatic carbocycles. The van der Waals surface area contributed by atoms with Crippen LogP contribution in [0, 0.1) is 0 Å². The number of anilines is 1. The van der Waals surface area contributed by atoms with Crippen LogP contribution in [0.2, 0.25) is 0 Å². The van der Waals surface area contributed by atoms with E-state index in [0.29, 0.717) is 30.2 Å². The first-order chi connectivity index (χ1) is 15.7. The molecule has 0 fully saturated rings. The molecule has 8 nitrogen and oxygen atoms in total. The molecule has 4 rings (SSSR count). The van der Waals surface area contributed by atoms with Gasteiger partial charge in [-0.2, -0.15) is 0 Å². The average Bonchev–Trinajstić information content (AvgIpc) is 3.35. The summed E-state index contributed by atoms with van der Waals surface area (Å²) >= 11 is 0. The van der Waals surface area contributed by atoms with Gasteiger partial charge in [0.1, 0.15) is 29.6 Å². The maximum atomic E-state index is 13.0. The van der Waals surface area contributed by atoms with E-state index in [1.54, 1.807) is 24.3 Å². The number of nitrogens with one attached hydrogen (secondary N) is 1. The van der Waals surface area contributed by atoms with Crippen molar-refractivity contribution in [2.75, 3.05) is 11.9 Å². The summed E-state index contributed by atoms with van der Waals surface area (Å²) in [6.45, 7) is 2.56. The van der Waals surface area contributed by atoms with E-state index in [4.69, 9.17) is 9.47 Å². The summed E-state index contributed by atoms with van der Waals surface area (Å²) in [5.74, 6) is 1.95. The quantitative estimate of drug-likeness (QED) is 0.427. The fourth-order valence-electron chi connectivity index (χ4n) is 3.19. The van der Waals surface area contributed by atoms with Crippen LogP contribution in [0.15, 0.2) is 85.2 Å². The van der Waals surface area contributed by atoms with Gasteiger partial charge in [-0.1, -0.05) is 30.3 Å². The van der Waals surface area contributed by atoms with Crippen LogP contribution in [-0.4, -0.2) is 32.7 Å². The van der Waals surface area contributed by atoms with Crippen molar-refractivity contribution in [3.05, 3.63) is 90.8 Å². The van der Waals surface area contributed by atoms with Crippen molar-refractivity contribution >= 4 is 11.6 Å². The molecule has 0 saturated heterocycles. The zero-order valence-corrected chi connectivity index (χ0v) is 17.6.